The molecule has 4 saturated carbocycles. The second-order valence-electron chi connectivity index (χ2n) is 9.37. The van der Waals surface area contributed by atoms with Gasteiger partial charge in [0, 0.05) is 30.0 Å². The minimum Gasteiger partial charge on any atom is -0.349 e. The van der Waals surface area contributed by atoms with Crippen molar-refractivity contribution in [2.45, 2.75) is 68.6 Å². The maximum absolute atomic E-state index is 12.7. The molecule has 5 fully saturated rings. The number of carbonyl (C=O) groups is 1. The third-order valence-electron chi connectivity index (χ3n) is 7.24. The van der Waals surface area contributed by atoms with Crippen LogP contribution in [0.15, 0.2) is 18.5 Å². The molecular formula is C20H30N6O. The van der Waals surface area contributed by atoms with Crippen LogP contribution in [-0.4, -0.2) is 51.1 Å². The molecule has 1 aromatic rings. The molecule has 6 rings (SSSR count). The molecular weight excluding hydrogens is 340 g/mol. The van der Waals surface area contributed by atoms with Gasteiger partial charge < -0.3 is 21.3 Å². The predicted octanol–water partition coefficient (Wildman–Crippen LogP) is 1.48. The molecule has 3 atom stereocenters. The lowest BCUT2D eigenvalue weighted by Gasteiger charge is -2.62. The molecule has 27 heavy (non-hydrogen) atoms. The molecule has 5 aliphatic rings. The van der Waals surface area contributed by atoms with Crippen molar-refractivity contribution in [3.05, 3.63) is 18.5 Å². The highest BCUT2D eigenvalue weighted by Crippen LogP contribution is 2.58. The normalized spacial score (nSPS) is 39.7. The highest BCUT2D eigenvalue weighted by atomic mass is 16.2. The van der Waals surface area contributed by atoms with Gasteiger partial charge in [-0.3, -0.25) is 4.79 Å². The van der Waals surface area contributed by atoms with Gasteiger partial charge in [0.2, 0.25) is 11.9 Å². The Kier molecular flexibility index (Phi) is 4.13. The molecule has 0 spiro atoms. The predicted molar refractivity (Wildman–Crippen MR) is 103 cm³/mol. The van der Waals surface area contributed by atoms with Crippen LogP contribution in [0.25, 0.3) is 0 Å². The second-order valence-corrected chi connectivity index (χ2v) is 9.37. The van der Waals surface area contributed by atoms with Crippen molar-refractivity contribution in [2.24, 2.45) is 17.6 Å². The van der Waals surface area contributed by atoms with E-state index in [1.807, 2.05) is 11.0 Å². The summed E-state index contributed by atoms with van der Waals surface area (Å²) in [5.74, 6) is 2.33. The lowest BCUT2D eigenvalue weighted by Crippen LogP contribution is -2.67. The van der Waals surface area contributed by atoms with Gasteiger partial charge in [0.15, 0.2) is 0 Å². The summed E-state index contributed by atoms with van der Waals surface area (Å²) in [5.41, 5.74) is 6.20. The van der Waals surface area contributed by atoms with Gasteiger partial charge in [0.25, 0.3) is 0 Å². The molecule has 1 saturated heterocycles. The summed E-state index contributed by atoms with van der Waals surface area (Å²) in [7, 11) is 0. The Morgan fingerprint density at radius 2 is 1.89 bits per heavy atom. The van der Waals surface area contributed by atoms with Gasteiger partial charge in [-0.1, -0.05) is 0 Å². The Morgan fingerprint density at radius 1 is 1.19 bits per heavy atom. The number of hydrogen-bond donors (Lipinski definition) is 3. The first-order valence-electron chi connectivity index (χ1n) is 10.4. The highest BCUT2D eigenvalue weighted by molar-refractivity contribution is 5.79. The lowest BCUT2D eigenvalue weighted by atomic mass is 9.50. The Balaban J connectivity index is 1.30. The summed E-state index contributed by atoms with van der Waals surface area (Å²) in [6.07, 6.45) is 12.5. The summed E-state index contributed by atoms with van der Waals surface area (Å²) in [4.78, 5) is 23.3. The first-order valence-corrected chi connectivity index (χ1v) is 10.4. The van der Waals surface area contributed by atoms with Gasteiger partial charge in [-0.15, -0.1) is 0 Å². The number of nitrogens with one attached hydrogen (secondary N) is 2. The minimum atomic E-state index is -0.0982. The van der Waals surface area contributed by atoms with Gasteiger partial charge in [-0.05, 0) is 69.3 Å². The summed E-state index contributed by atoms with van der Waals surface area (Å²) < 4.78 is 0. The van der Waals surface area contributed by atoms with E-state index >= 15 is 0 Å². The van der Waals surface area contributed by atoms with E-state index in [1.165, 1.54) is 32.1 Å². The van der Waals surface area contributed by atoms with E-state index in [0.717, 1.165) is 43.6 Å². The van der Waals surface area contributed by atoms with Crippen LogP contribution in [0.2, 0.25) is 0 Å². The third kappa shape index (κ3) is 3.21. The van der Waals surface area contributed by atoms with Crippen molar-refractivity contribution >= 4 is 11.9 Å². The first-order chi connectivity index (χ1) is 13.0. The van der Waals surface area contributed by atoms with Crippen molar-refractivity contribution < 1.29 is 4.79 Å². The molecule has 1 aliphatic heterocycles. The molecule has 0 aromatic carbocycles. The fraction of sp³-hybridized carbons (Fsp3) is 0.750. The molecule has 0 radical (unpaired) electrons. The summed E-state index contributed by atoms with van der Waals surface area (Å²) in [5, 5.41) is 7.39. The van der Waals surface area contributed by atoms with Crippen molar-refractivity contribution in [1.29, 1.82) is 0 Å². The number of likely N-dealkylation sites (tertiary alicyclic amines) is 1. The minimum absolute atomic E-state index is 0.0609. The Bertz CT molecular complexity index is 696. The van der Waals surface area contributed by atoms with Crippen LogP contribution in [0.1, 0.15) is 51.4 Å². The van der Waals surface area contributed by atoms with Crippen molar-refractivity contribution in [2.75, 3.05) is 18.4 Å². The SMILES string of the molecule is N[C@@H]1CCCN1C(=O)CNC12CC3CC(C1)CC(Nc1ncccn1)(C3)C2. The van der Waals surface area contributed by atoms with Crippen molar-refractivity contribution in [3.63, 3.8) is 0 Å². The third-order valence-corrected chi connectivity index (χ3v) is 7.24. The highest BCUT2D eigenvalue weighted by Gasteiger charge is 2.58. The average molecular weight is 371 g/mol. The van der Waals surface area contributed by atoms with Crippen LogP contribution in [0.3, 0.4) is 0 Å². The topological polar surface area (TPSA) is 96.2 Å². The number of aromatic nitrogens is 2. The molecule has 1 amide bonds. The number of hydrogen-bond acceptors (Lipinski definition) is 6. The molecule has 4 N–H and O–H groups in total. The number of nitrogens with two attached hydrogens (primary N) is 1. The van der Waals surface area contributed by atoms with E-state index in [0.29, 0.717) is 6.54 Å². The monoisotopic (exact) mass is 370 g/mol. The molecule has 7 heteroatoms. The zero-order valence-corrected chi connectivity index (χ0v) is 15.9. The van der Waals surface area contributed by atoms with E-state index in [4.69, 9.17) is 5.73 Å². The number of amides is 1. The molecule has 146 valence electrons. The number of nitrogens with zero attached hydrogens (tertiary/aromatic N) is 3. The van der Waals surface area contributed by atoms with Gasteiger partial charge in [0.1, 0.15) is 0 Å². The maximum Gasteiger partial charge on any atom is 0.237 e. The van der Waals surface area contributed by atoms with Crippen LogP contribution >= 0.6 is 0 Å². The van der Waals surface area contributed by atoms with Crippen LogP contribution in [-0.2, 0) is 4.79 Å². The fourth-order valence-electron chi connectivity index (χ4n) is 6.68. The largest absolute Gasteiger partial charge is 0.349 e. The second kappa shape index (κ2) is 6.41. The molecule has 2 heterocycles. The van der Waals surface area contributed by atoms with Crippen LogP contribution in [0.5, 0.6) is 0 Å². The average Bonchev–Trinajstić information content (AvgIpc) is 3.05. The van der Waals surface area contributed by atoms with E-state index in [1.54, 1.807) is 12.4 Å². The smallest absolute Gasteiger partial charge is 0.237 e. The van der Waals surface area contributed by atoms with Crippen LogP contribution in [0.4, 0.5) is 5.95 Å². The standard InChI is InChI=1S/C20H30N6O/c21-16-3-1-6-26(16)17(27)12-24-19-8-14-7-15(9-19)11-20(10-14,13-19)25-18-22-4-2-5-23-18/h2,4-5,14-16,24H,1,3,6-13,21H2,(H,22,23,25)/t14?,15?,16-,19?,20?/m0/s1. The fourth-order valence-corrected chi connectivity index (χ4v) is 6.68. The molecule has 2 unspecified atom stereocenters. The van der Waals surface area contributed by atoms with Crippen LogP contribution < -0.4 is 16.4 Å². The van der Waals surface area contributed by atoms with Gasteiger partial charge in [0.05, 0.1) is 12.7 Å². The Morgan fingerprint density at radius 3 is 2.56 bits per heavy atom. The summed E-state index contributed by atoms with van der Waals surface area (Å²) in [6.45, 7) is 1.21. The van der Waals surface area contributed by atoms with Crippen molar-refractivity contribution in [1.82, 2.24) is 20.2 Å². The first kappa shape index (κ1) is 17.4. The lowest BCUT2D eigenvalue weighted by molar-refractivity contribution is -0.132. The number of anilines is 1. The zero-order valence-electron chi connectivity index (χ0n) is 15.9. The summed E-state index contributed by atoms with van der Waals surface area (Å²) in [6, 6.07) is 1.85. The van der Waals surface area contributed by atoms with Gasteiger partial charge >= 0.3 is 0 Å². The molecule has 4 bridgehead atoms. The van der Waals surface area contributed by atoms with E-state index in [2.05, 4.69) is 20.6 Å². The van der Waals surface area contributed by atoms with Gasteiger partial charge in [-0.25, -0.2) is 9.97 Å². The number of rotatable bonds is 5. The number of carbonyl (C=O) groups excluding carboxylic acids is 1. The van der Waals surface area contributed by atoms with Crippen molar-refractivity contribution in [3.8, 4) is 0 Å². The molecule has 1 aromatic heterocycles. The van der Waals surface area contributed by atoms with Gasteiger partial charge in [-0.2, -0.15) is 0 Å². The summed E-state index contributed by atoms with van der Waals surface area (Å²) >= 11 is 0. The van der Waals surface area contributed by atoms with Crippen LogP contribution in [0, 0.1) is 11.8 Å². The van der Waals surface area contributed by atoms with E-state index in [9.17, 15) is 4.79 Å². The van der Waals surface area contributed by atoms with E-state index in [-0.39, 0.29) is 23.2 Å². The zero-order chi connectivity index (χ0) is 18.5. The molecule has 7 nitrogen and oxygen atoms in total. The maximum atomic E-state index is 12.7. The Labute approximate surface area is 160 Å². The van der Waals surface area contributed by atoms with E-state index < -0.39 is 0 Å². The Hall–Kier alpha value is -1.73. The quantitative estimate of drug-likeness (QED) is 0.726. The molecule has 4 aliphatic carbocycles.